The summed E-state index contributed by atoms with van der Waals surface area (Å²) in [5.41, 5.74) is 0. The second-order valence-corrected chi connectivity index (χ2v) is 2.91. The van der Waals surface area contributed by atoms with Gasteiger partial charge in [0.2, 0.25) is 11.8 Å². The monoisotopic (exact) mass is 157 g/mol. The van der Waals surface area contributed by atoms with Crippen LogP contribution in [0.1, 0.15) is 13.8 Å². The lowest BCUT2D eigenvalue weighted by molar-refractivity contribution is -0.126. The first kappa shape index (κ1) is 8.20. The van der Waals surface area contributed by atoms with E-state index >= 15 is 0 Å². The Morgan fingerprint density at radius 1 is 1.45 bits per heavy atom. The van der Waals surface area contributed by atoms with E-state index in [-0.39, 0.29) is 11.8 Å². The number of nitrogens with one attached hydrogen (secondary N) is 1. The van der Waals surface area contributed by atoms with Crippen LogP contribution in [0.3, 0.4) is 0 Å². The highest BCUT2D eigenvalue weighted by atomic mass is 16.3. The Hall–Kier alpha value is -0.900. The van der Waals surface area contributed by atoms with Crippen LogP contribution in [-0.4, -0.2) is 23.0 Å². The molecule has 1 aliphatic heterocycles. The summed E-state index contributed by atoms with van der Waals surface area (Å²) in [6.45, 7) is 3.15. The first-order valence-electron chi connectivity index (χ1n) is 3.57. The van der Waals surface area contributed by atoms with Crippen LogP contribution in [0.5, 0.6) is 0 Å². The number of rotatable bonds is 1. The average Bonchev–Trinajstić information content (AvgIpc) is 2.07. The van der Waals surface area contributed by atoms with Gasteiger partial charge in [-0.3, -0.25) is 14.9 Å². The molecule has 2 amide bonds. The van der Waals surface area contributed by atoms with Gasteiger partial charge in [0.05, 0.1) is 12.0 Å². The lowest BCUT2D eigenvalue weighted by atomic mass is 9.92. The molecule has 11 heavy (non-hydrogen) atoms. The SMILES string of the molecule is CC(O)C1C(=O)NC(=O)C1C. The van der Waals surface area contributed by atoms with Crippen molar-refractivity contribution in [1.29, 1.82) is 0 Å². The predicted octanol–water partition coefficient (Wildman–Crippen LogP) is -0.724. The largest absolute Gasteiger partial charge is 0.393 e. The van der Waals surface area contributed by atoms with E-state index in [4.69, 9.17) is 5.11 Å². The van der Waals surface area contributed by atoms with Crippen molar-refractivity contribution < 1.29 is 14.7 Å². The van der Waals surface area contributed by atoms with Crippen molar-refractivity contribution in [2.24, 2.45) is 11.8 Å². The Morgan fingerprint density at radius 3 is 2.18 bits per heavy atom. The molecule has 1 fully saturated rings. The summed E-state index contributed by atoms with van der Waals surface area (Å²) in [6, 6.07) is 0. The van der Waals surface area contributed by atoms with E-state index in [0.29, 0.717) is 0 Å². The quantitative estimate of drug-likeness (QED) is 0.493. The molecule has 0 spiro atoms. The van der Waals surface area contributed by atoms with Crippen molar-refractivity contribution in [2.75, 3.05) is 0 Å². The van der Waals surface area contributed by atoms with Crippen molar-refractivity contribution in [3.05, 3.63) is 0 Å². The number of carbonyl (C=O) groups is 2. The molecule has 0 radical (unpaired) electrons. The molecule has 1 rings (SSSR count). The minimum Gasteiger partial charge on any atom is -0.393 e. The molecule has 1 aliphatic rings. The Kier molecular flexibility index (Phi) is 1.95. The first-order valence-corrected chi connectivity index (χ1v) is 3.57. The fraction of sp³-hybridized carbons (Fsp3) is 0.714. The number of aliphatic hydroxyl groups is 1. The number of carbonyl (C=O) groups excluding carboxylic acids is 2. The maximum atomic E-state index is 10.9. The van der Waals surface area contributed by atoms with Crippen LogP contribution in [0, 0.1) is 11.8 Å². The maximum absolute atomic E-state index is 10.9. The second kappa shape index (κ2) is 2.62. The fourth-order valence-corrected chi connectivity index (χ4v) is 1.35. The van der Waals surface area contributed by atoms with Crippen LogP contribution in [0.15, 0.2) is 0 Å². The Labute approximate surface area is 64.6 Å². The molecule has 4 nitrogen and oxygen atoms in total. The van der Waals surface area contributed by atoms with Crippen LogP contribution in [0.2, 0.25) is 0 Å². The lowest BCUT2D eigenvalue weighted by Crippen LogP contribution is -2.28. The molecule has 62 valence electrons. The van der Waals surface area contributed by atoms with Gasteiger partial charge in [0.25, 0.3) is 0 Å². The molecule has 0 saturated carbocycles. The number of hydrogen-bond acceptors (Lipinski definition) is 3. The van der Waals surface area contributed by atoms with E-state index in [2.05, 4.69) is 5.32 Å². The zero-order valence-electron chi connectivity index (χ0n) is 6.50. The molecule has 0 aliphatic carbocycles. The highest BCUT2D eigenvalue weighted by molar-refractivity contribution is 6.05. The summed E-state index contributed by atoms with van der Waals surface area (Å²) < 4.78 is 0. The summed E-state index contributed by atoms with van der Waals surface area (Å²) in [5.74, 6) is -1.62. The Bertz CT molecular complexity index is 200. The summed E-state index contributed by atoms with van der Waals surface area (Å²) >= 11 is 0. The van der Waals surface area contributed by atoms with E-state index in [0.717, 1.165) is 0 Å². The third kappa shape index (κ3) is 1.26. The molecule has 1 heterocycles. The molecule has 0 aromatic heterocycles. The zero-order chi connectivity index (χ0) is 8.59. The predicted molar refractivity (Wildman–Crippen MR) is 37.5 cm³/mol. The summed E-state index contributed by atoms with van der Waals surface area (Å²) in [5, 5.41) is 11.3. The Morgan fingerprint density at radius 2 is 2.00 bits per heavy atom. The first-order chi connectivity index (χ1) is 5.04. The standard InChI is InChI=1S/C7H11NO3/c1-3-5(4(2)9)7(11)8-6(3)10/h3-5,9H,1-2H3,(H,8,10,11). The molecule has 2 N–H and O–H groups in total. The number of imide groups is 1. The van der Waals surface area contributed by atoms with Crippen LogP contribution in [0.4, 0.5) is 0 Å². The molecule has 4 heteroatoms. The van der Waals surface area contributed by atoms with Crippen molar-refractivity contribution in [3.63, 3.8) is 0 Å². The van der Waals surface area contributed by atoms with Crippen LogP contribution < -0.4 is 5.32 Å². The van der Waals surface area contributed by atoms with Gasteiger partial charge in [0, 0.05) is 5.92 Å². The van der Waals surface area contributed by atoms with Crippen molar-refractivity contribution in [3.8, 4) is 0 Å². The minimum absolute atomic E-state index is 0.291. The fourth-order valence-electron chi connectivity index (χ4n) is 1.35. The highest BCUT2D eigenvalue weighted by Crippen LogP contribution is 2.21. The highest BCUT2D eigenvalue weighted by Gasteiger charge is 2.40. The summed E-state index contributed by atoms with van der Waals surface area (Å²) in [6.07, 6.45) is -0.753. The Balaban J connectivity index is 2.79. The molecular formula is C7H11NO3. The average molecular weight is 157 g/mol. The van der Waals surface area contributed by atoms with Crippen molar-refractivity contribution in [1.82, 2.24) is 5.32 Å². The molecule has 1 saturated heterocycles. The molecule has 0 aromatic rings. The number of aliphatic hydroxyl groups excluding tert-OH is 1. The molecular weight excluding hydrogens is 146 g/mol. The second-order valence-electron chi connectivity index (χ2n) is 2.91. The van der Waals surface area contributed by atoms with E-state index < -0.39 is 17.9 Å². The third-order valence-electron chi connectivity index (χ3n) is 2.02. The smallest absolute Gasteiger partial charge is 0.233 e. The molecule has 0 aromatic carbocycles. The van der Waals surface area contributed by atoms with E-state index in [9.17, 15) is 9.59 Å². The normalized spacial score (nSPS) is 33.7. The maximum Gasteiger partial charge on any atom is 0.233 e. The van der Waals surface area contributed by atoms with Crippen LogP contribution >= 0.6 is 0 Å². The van der Waals surface area contributed by atoms with Gasteiger partial charge in [-0.05, 0) is 6.92 Å². The number of hydrogen-bond donors (Lipinski definition) is 2. The van der Waals surface area contributed by atoms with Gasteiger partial charge in [-0.15, -0.1) is 0 Å². The van der Waals surface area contributed by atoms with E-state index in [1.165, 1.54) is 6.92 Å². The minimum atomic E-state index is -0.753. The van der Waals surface area contributed by atoms with Crippen molar-refractivity contribution in [2.45, 2.75) is 20.0 Å². The topological polar surface area (TPSA) is 66.4 Å². The van der Waals surface area contributed by atoms with Gasteiger partial charge in [-0.25, -0.2) is 0 Å². The number of amides is 2. The van der Waals surface area contributed by atoms with Gasteiger partial charge in [-0.2, -0.15) is 0 Å². The molecule has 3 atom stereocenters. The molecule has 0 bridgehead atoms. The van der Waals surface area contributed by atoms with Gasteiger partial charge in [0.15, 0.2) is 0 Å². The van der Waals surface area contributed by atoms with E-state index in [1.807, 2.05) is 0 Å². The third-order valence-corrected chi connectivity index (χ3v) is 2.02. The van der Waals surface area contributed by atoms with Gasteiger partial charge in [-0.1, -0.05) is 6.92 Å². The zero-order valence-corrected chi connectivity index (χ0v) is 6.50. The van der Waals surface area contributed by atoms with Crippen LogP contribution in [-0.2, 0) is 9.59 Å². The lowest BCUT2D eigenvalue weighted by Gasteiger charge is -2.12. The summed E-state index contributed by atoms with van der Waals surface area (Å²) in [4.78, 5) is 21.8. The van der Waals surface area contributed by atoms with Gasteiger partial charge < -0.3 is 5.11 Å². The van der Waals surface area contributed by atoms with Gasteiger partial charge >= 0.3 is 0 Å². The van der Waals surface area contributed by atoms with Crippen LogP contribution in [0.25, 0.3) is 0 Å². The van der Waals surface area contributed by atoms with E-state index in [1.54, 1.807) is 6.92 Å². The van der Waals surface area contributed by atoms with Gasteiger partial charge in [0.1, 0.15) is 0 Å². The summed E-state index contributed by atoms with van der Waals surface area (Å²) in [7, 11) is 0. The molecule has 3 unspecified atom stereocenters. The van der Waals surface area contributed by atoms with Crippen molar-refractivity contribution >= 4 is 11.8 Å².